The summed E-state index contributed by atoms with van der Waals surface area (Å²) in [4.78, 5) is 16.7. The molecule has 0 fully saturated rings. The van der Waals surface area contributed by atoms with Crippen LogP contribution in [0, 0.1) is 13.8 Å². The van der Waals surface area contributed by atoms with Crippen LogP contribution in [0.5, 0.6) is 0 Å². The van der Waals surface area contributed by atoms with E-state index in [4.69, 9.17) is 0 Å². The summed E-state index contributed by atoms with van der Waals surface area (Å²) in [5, 5.41) is 7.48. The van der Waals surface area contributed by atoms with E-state index in [1.807, 2.05) is 64.2 Å². The Morgan fingerprint density at radius 1 is 1.08 bits per heavy atom. The fraction of sp³-hybridized carbons (Fsp3) is 0.286. The van der Waals surface area contributed by atoms with Crippen LogP contribution in [0.25, 0.3) is 11.1 Å². The molecule has 0 spiro atoms. The van der Waals surface area contributed by atoms with Gasteiger partial charge in [0, 0.05) is 18.1 Å². The minimum atomic E-state index is -0.346. The molecule has 1 amide bonds. The van der Waals surface area contributed by atoms with Crippen molar-refractivity contribution in [3.05, 3.63) is 71.8 Å². The molecule has 3 aromatic rings. The number of pyridine rings is 1. The molecule has 2 unspecified atom stereocenters. The van der Waals surface area contributed by atoms with Gasteiger partial charge in [-0.15, -0.1) is 0 Å². The Morgan fingerprint density at radius 3 is 2.38 bits per heavy atom. The van der Waals surface area contributed by atoms with Gasteiger partial charge in [0.05, 0.1) is 11.7 Å². The molecule has 2 atom stereocenters. The lowest BCUT2D eigenvalue weighted by molar-refractivity contribution is -0.124. The first kappa shape index (κ1) is 17.9. The number of hydrogen-bond donors (Lipinski definition) is 1. The molecule has 0 bridgehead atoms. The smallest absolute Gasteiger partial charge is 0.245 e. The van der Waals surface area contributed by atoms with Gasteiger partial charge in [-0.05, 0) is 56.5 Å². The molecule has 5 heteroatoms. The van der Waals surface area contributed by atoms with Crippen molar-refractivity contribution in [3.8, 4) is 11.1 Å². The second-order valence-electron chi connectivity index (χ2n) is 6.64. The molecule has 0 saturated carbocycles. The summed E-state index contributed by atoms with van der Waals surface area (Å²) in [7, 11) is 0. The molecule has 2 heterocycles. The molecule has 26 heavy (non-hydrogen) atoms. The van der Waals surface area contributed by atoms with Crippen molar-refractivity contribution in [1.82, 2.24) is 20.1 Å². The van der Waals surface area contributed by atoms with Crippen molar-refractivity contribution in [2.24, 2.45) is 0 Å². The van der Waals surface area contributed by atoms with Gasteiger partial charge in [-0.1, -0.05) is 30.3 Å². The zero-order valence-corrected chi connectivity index (χ0v) is 15.6. The summed E-state index contributed by atoms with van der Waals surface area (Å²) in [6, 6.07) is 13.7. The maximum Gasteiger partial charge on any atom is 0.245 e. The number of amides is 1. The van der Waals surface area contributed by atoms with E-state index < -0.39 is 0 Å². The maximum atomic E-state index is 12.6. The Labute approximate surface area is 154 Å². The molecule has 5 nitrogen and oxygen atoms in total. The van der Waals surface area contributed by atoms with Gasteiger partial charge in [0.2, 0.25) is 5.91 Å². The van der Waals surface area contributed by atoms with E-state index >= 15 is 0 Å². The van der Waals surface area contributed by atoms with Crippen molar-refractivity contribution < 1.29 is 4.79 Å². The third-order valence-electron chi connectivity index (χ3n) is 4.56. The van der Waals surface area contributed by atoms with Crippen LogP contribution in [-0.2, 0) is 4.79 Å². The number of aromatic nitrogens is 3. The first-order valence-corrected chi connectivity index (χ1v) is 8.79. The van der Waals surface area contributed by atoms with Crippen LogP contribution in [0.4, 0.5) is 0 Å². The SMILES string of the molecule is Cc1cc(C)n(C(C)C(=O)NC(C)c2ccc(-c3cccnc3)cc2)n1. The van der Waals surface area contributed by atoms with Crippen LogP contribution in [0.2, 0.25) is 0 Å². The maximum absolute atomic E-state index is 12.6. The summed E-state index contributed by atoms with van der Waals surface area (Å²) in [6.45, 7) is 7.75. The summed E-state index contributed by atoms with van der Waals surface area (Å²) >= 11 is 0. The number of rotatable bonds is 5. The molecule has 3 rings (SSSR count). The first-order chi connectivity index (χ1) is 12.5. The first-order valence-electron chi connectivity index (χ1n) is 8.79. The Morgan fingerprint density at radius 2 is 1.81 bits per heavy atom. The number of hydrogen-bond acceptors (Lipinski definition) is 3. The number of carbonyl (C=O) groups is 1. The van der Waals surface area contributed by atoms with Gasteiger partial charge in [0.1, 0.15) is 6.04 Å². The topological polar surface area (TPSA) is 59.8 Å². The van der Waals surface area contributed by atoms with E-state index in [0.717, 1.165) is 28.1 Å². The Hall–Kier alpha value is -2.95. The van der Waals surface area contributed by atoms with Crippen LogP contribution >= 0.6 is 0 Å². The van der Waals surface area contributed by atoms with E-state index in [-0.39, 0.29) is 18.0 Å². The minimum Gasteiger partial charge on any atom is -0.348 e. The molecule has 0 aliphatic heterocycles. The molecule has 1 aromatic carbocycles. The number of aryl methyl sites for hydroxylation is 2. The molecular weight excluding hydrogens is 324 g/mol. The monoisotopic (exact) mass is 348 g/mol. The summed E-state index contributed by atoms with van der Waals surface area (Å²) in [5.41, 5.74) is 5.15. The van der Waals surface area contributed by atoms with Gasteiger partial charge in [0.15, 0.2) is 0 Å². The fourth-order valence-corrected chi connectivity index (χ4v) is 3.06. The van der Waals surface area contributed by atoms with Gasteiger partial charge in [-0.25, -0.2) is 0 Å². The molecule has 0 aliphatic rings. The minimum absolute atomic E-state index is 0.0416. The average molecular weight is 348 g/mol. The van der Waals surface area contributed by atoms with Gasteiger partial charge >= 0.3 is 0 Å². The van der Waals surface area contributed by atoms with Gasteiger partial charge in [-0.2, -0.15) is 5.10 Å². The highest BCUT2D eigenvalue weighted by Crippen LogP contribution is 2.21. The van der Waals surface area contributed by atoms with Crippen molar-refractivity contribution >= 4 is 5.91 Å². The lowest BCUT2D eigenvalue weighted by Crippen LogP contribution is -2.33. The number of nitrogens with one attached hydrogen (secondary N) is 1. The van der Waals surface area contributed by atoms with Crippen molar-refractivity contribution in [2.45, 2.75) is 39.8 Å². The zero-order chi connectivity index (χ0) is 18.7. The molecule has 0 radical (unpaired) electrons. The van der Waals surface area contributed by atoms with Crippen LogP contribution in [0.15, 0.2) is 54.9 Å². The number of carbonyl (C=O) groups excluding carboxylic acids is 1. The van der Waals surface area contributed by atoms with Crippen molar-refractivity contribution in [2.75, 3.05) is 0 Å². The highest BCUT2D eigenvalue weighted by molar-refractivity contribution is 5.80. The highest BCUT2D eigenvalue weighted by Gasteiger charge is 2.20. The van der Waals surface area contributed by atoms with Crippen LogP contribution in [-0.4, -0.2) is 20.7 Å². The van der Waals surface area contributed by atoms with E-state index in [1.165, 1.54) is 0 Å². The second kappa shape index (κ2) is 7.52. The van der Waals surface area contributed by atoms with E-state index in [1.54, 1.807) is 10.9 Å². The summed E-state index contributed by atoms with van der Waals surface area (Å²) in [6.07, 6.45) is 3.61. The van der Waals surface area contributed by atoms with Gasteiger partial charge in [0.25, 0.3) is 0 Å². The van der Waals surface area contributed by atoms with E-state index in [9.17, 15) is 4.79 Å². The van der Waals surface area contributed by atoms with Crippen molar-refractivity contribution in [1.29, 1.82) is 0 Å². The highest BCUT2D eigenvalue weighted by atomic mass is 16.2. The largest absolute Gasteiger partial charge is 0.348 e. The molecule has 2 aromatic heterocycles. The molecular formula is C21H24N4O. The Balaban J connectivity index is 1.68. The van der Waals surface area contributed by atoms with Crippen LogP contribution in [0.1, 0.15) is 42.9 Å². The molecule has 1 N–H and O–H groups in total. The third kappa shape index (κ3) is 3.82. The quantitative estimate of drug-likeness (QED) is 0.758. The summed E-state index contributed by atoms with van der Waals surface area (Å²) in [5.74, 6) is -0.0416. The van der Waals surface area contributed by atoms with Gasteiger partial charge in [-0.3, -0.25) is 14.5 Å². The second-order valence-corrected chi connectivity index (χ2v) is 6.64. The van der Waals surface area contributed by atoms with Crippen LogP contribution < -0.4 is 5.32 Å². The van der Waals surface area contributed by atoms with Crippen molar-refractivity contribution in [3.63, 3.8) is 0 Å². The number of benzene rings is 1. The Kier molecular flexibility index (Phi) is 5.16. The summed E-state index contributed by atoms with van der Waals surface area (Å²) < 4.78 is 1.77. The number of nitrogens with zero attached hydrogens (tertiary/aromatic N) is 3. The lowest BCUT2D eigenvalue weighted by atomic mass is 10.0. The molecule has 134 valence electrons. The average Bonchev–Trinajstić information content (AvgIpc) is 3.00. The van der Waals surface area contributed by atoms with Crippen LogP contribution in [0.3, 0.4) is 0 Å². The fourth-order valence-electron chi connectivity index (χ4n) is 3.06. The lowest BCUT2D eigenvalue weighted by Gasteiger charge is -2.19. The predicted molar refractivity (Wildman–Crippen MR) is 103 cm³/mol. The predicted octanol–water partition coefficient (Wildman–Crippen LogP) is 4.00. The zero-order valence-electron chi connectivity index (χ0n) is 15.6. The van der Waals surface area contributed by atoms with E-state index in [0.29, 0.717) is 0 Å². The molecule has 0 saturated heterocycles. The molecule has 0 aliphatic carbocycles. The van der Waals surface area contributed by atoms with E-state index in [2.05, 4.69) is 27.5 Å². The third-order valence-corrected chi connectivity index (χ3v) is 4.56. The standard InChI is InChI=1S/C21H24N4O/c1-14-12-15(2)25(24-14)17(4)21(26)23-16(3)18-7-9-19(10-8-18)20-6-5-11-22-13-20/h5-13,16-17H,1-4H3,(H,23,26). The van der Waals surface area contributed by atoms with Gasteiger partial charge < -0.3 is 5.32 Å². The Bertz CT molecular complexity index is 884. The normalized spacial score (nSPS) is 13.2.